The standard InChI is InChI=1S/C12H29N3/c1-13-9-5-4-7-12(11-15-3)8-6-10-14-2/h12-15H,4-11H2,1-3H3. The Morgan fingerprint density at radius 1 is 0.733 bits per heavy atom. The zero-order valence-corrected chi connectivity index (χ0v) is 10.7. The highest BCUT2D eigenvalue weighted by Crippen LogP contribution is 2.13. The molecule has 0 aromatic heterocycles. The van der Waals surface area contributed by atoms with E-state index >= 15 is 0 Å². The molecule has 0 rings (SSSR count). The maximum Gasteiger partial charge on any atom is -0.00235 e. The van der Waals surface area contributed by atoms with Gasteiger partial charge in [0.05, 0.1) is 0 Å². The summed E-state index contributed by atoms with van der Waals surface area (Å²) in [5.74, 6) is 0.861. The summed E-state index contributed by atoms with van der Waals surface area (Å²) in [6, 6.07) is 0. The zero-order valence-electron chi connectivity index (χ0n) is 10.7. The van der Waals surface area contributed by atoms with E-state index in [9.17, 15) is 0 Å². The first kappa shape index (κ1) is 14.9. The first-order chi connectivity index (χ1) is 7.35. The molecule has 3 N–H and O–H groups in total. The fourth-order valence-electron chi connectivity index (χ4n) is 1.94. The van der Waals surface area contributed by atoms with Crippen LogP contribution >= 0.6 is 0 Å². The topological polar surface area (TPSA) is 36.1 Å². The van der Waals surface area contributed by atoms with Crippen molar-refractivity contribution >= 4 is 0 Å². The van der Waals surface area contributed by atoms with Gasteiger partial charge in [-0.15, -0.1) is 0 Å². The molecule has 0 spiro atoms. The van der Waals surface area contributed by atoms with Gasteiger partial charge in [-0.2, -0.15) is 0 Å². The van der Waals surface area contributed by atoms with Crippen molar-refractivity contribution in [3.05, 3.63) is 0 Å². The van der Waals surface area contributed by atoms with Crippen LogP contribution in [0, 0.1) is 5.92 Å². The summed E-state index contributed by atoms with van der Waals surface area (Å²) in [7, 11) is 6.11. The van der Waals surface area contributed by atoms with E-state index in [2.05, 4.69) is 23.0 Å². The summed E-state index contributed by atoms with van der Waals surface area (Å²) in [6.07, 6.45) is 6.68. The molecular weight excluding hydrogens is 186 g/mol. The van der Waals surface area contributed by atoms with Crippen LogP contribution in [0.3, 0.4) is 0 Å². The first-order valence-corrected chi connectivity index (χ1v) is 6.29. The Morgan fingerprint density at radius 3 is 1.93 bits per heavy atom. The molecule has 0 aromatic carbocycles. The minimum atomic E-state index is 0.861. The SMILES string of the molecule is CNCCCCC(CCCNC)CNC. The fraction of sp³-hybridized carbons (Fsp3) is 1.00. The molecule has 92 valence electrons. The van der Waals surface area contributed by atoms with E-state index in [1.165, 1.54) is 38.6 Å². The van der Waals surface area contributed by atoms with Crippen LogP contribution < -0.4 is 16.0 Å². The quantitative estimate of drug-likeness (QED) is 0.453. The van der Waals surface area contributed by atoms with Crippen molar-refractivity contribution in [2.75, 3.05) is 40.8 Å². The highest BCUT2D eigenvalue weighted by Gasteiger charge is 2.06. The second-order valence-corrected chi connectivity index (χ2v) is 4.27. The van der Waals surface area contributed by atoms with Gasteiger partial charge >= 0.3 is 0 Å². The number of nitrogens with one attached hydrogen (secondary N) is 3. The minimum absolute atomic E-state index is 0.861. The van der Waals surface area contributed by atoms with E-state index in [0.717, 1.165) is 19.0 Å². The van der Waals surface area contributed by atoms with Crippen molar-refractivity contribution in [3.63, 3.8) is 0 Å². The Kier molecular flexibility index (Phi) is 11.9. The second kappa shape index (κ2) is 12.0. The smallest absolute Gasteiger partial charge is 0.00235 e. The molecular formula is C12H29N3. The Labute approximate surface area is 95.4 Å². The van der Waals surface area contributed by atoms with Crippen molar-refractivity contribution in [3.8, 4) is 0 Å². The van der Waals surface area contributed by atoms with Crippen LogP contribution in [-0.4, -0.2) is 40.8 Å². The van der Waals surface area contributed by atoms with E-state index in [1.54, 1.807) is 0 Å². The third-order valence-electron chi connectivity index (χ3n) is 2.82. The molecule has 0 radical (unpaired) electrons. The predicted octanol–water partition coefficient (Wildman–Crippen LogP) is 1.21. The summed E-state index contributed by atoms with van der Waals surface area (Å²) in [6.45, 7) is 3.47. The summed E-state index contributed by atoms with van der Waals surface area (Å²) in [5, 5.41) is 9.71. The van der Waals surface area contributed by atoms with Crippen LogP contribution in [0.25, 0.3) is 0 Å². The molecule has 0 amide bonds. The molecule has 0 bridgehead atoms. The van der Waals surface area contributed by atoms with Gasteiger partial charge in [0, 0.05) is 0 Å². The van der Waals surface area contributed by atoms with Crippen LogP contribution in [0.15, 0.2) is 0 Å². The monoisotopic (exact) mass is 215 g/mol. The summed E-state index contributed by atoms with van der Waals surface area (Å²) >= 11 is 0. The average Bonchev–Trinajstić information content (AvgIpc) is 2.24. The van der Waals surface area contributed by atoms with Crippen LogP contribution in [0.1, 0.15) is 32.1 Å². The molecule has 0 aliphatic heterocycles. The van der Waals surface area contributed by atoms with Gasteiger partial charge < -0.3 is 16.0 Å². The van der Waals surface area contributed by atoms with Crippen molar-refractivity contribution < 1.29 is 0 Å². The molecule has 0 aliphatic carbocycles. The van der Waals surface area contributed by atoms with Gasteiger partial charge in [0.15, 0.2) is 0 Å². The van der Waals surface area contributed by atoms with E-state index in [-0.39, 0.29) is 0 Å². The number of hydrogen-bond donors (Lipinski definition) is 3. The van der Waals surface area contributed by atoms with Crippen molar-refractivity contribution in [2.24, 2.45) is 5.92 Å². The highest BCUT2D eigenvalue weighted by atomic mass is 14.8. The van der Waals surface area contributed by atoms with Gasteiger partial charge in [-0.25, -0.2) is 0 Å². The van der Waals surface area contributed by atoms with Crippen molar-refractivity contribution in [1.82, 2.24) is 16.0 Å². The maximum absolute atomic E-state index is 3.30. The number of rotatable bonds is 11. The van der Waals surface area contributed by atoms with E-state index in [1.807, 2.05) is 14.1 Å². The molecule has 0 saturated heterocycles. The lowest BCUT2D eigenvalue weighted by Gasteiger charge is -2.16. The van der Waals surface area contributed by atoms with E-state index in [0.29, 0.717) is 0 Å². The third-order valence-corrected chi connectivity index (χ3v) is 2.82. The van der Waals surface area contributed by atoms with Gasteiger partial charge in [0.2, 0.25) is 0 Å². The highest BCUT2D eigenvalue weighted by molar-refractivity contribution is 4.63. The molecule has 1 unspecified atom stereocenters. The maximum atomic E-state index is 3.30. The summed E-state index contributed by atoms with van der Waals surface area (Å²) < 4.78 is 0. The third kappa shape index (κ3) is 10.2. The second-order valence-electron chi connectivity index (χ2n) is 4.27. The predicted molar refractivity (Wildman–Crippen MR) is 68.4 cm³/mol. The van der Waals surface area contributed by atoms with Crippen LogP contribution in [0.2, 0.25) is 0 Å². The molecule has 0 fully saturated rings. The molecule has 1 atom stereocenters. The van der Waals surface area contributed by atoms with Gasteiger partial charge in [0.25, 0.3) is 0 Å². The molecule has 0 saturated carbocycles. The number of hydrogen-bond acceptors (Lipinski definition) is 3. The van der Waals surface area contributed by atoms with Gasteiger partial charge in [-0.1, -0.05) is 6.42 Å². The van der Waals surface area contributed by atoms with Gasteiger partial charge in [-0.3, -0.25) is 0 Å². The van der Waals surface area contributed by atoms with Crippen molar-refractivity contribution in [2.45, 2.75) is 32.1 Å². The van der Waals surface area contributed by atoms with Crippen LogP contribution in [-0.2, 0) is 0 Å². The lowest BCUT2D eigenvalue weighted by Crippen LogP contribution is -2.20. The summed E-state index contributed by atoms with van der Waals surface area (Å²) in [4.78, 5) is 0. The Balaban J connectivity index is 3.44. The molecule has 0 aliphatic rings. The zero-order chi connectivity index (χ0) is 11.4. The molecule has 3 nitrogen and oxygen atoms in total. The lowest BCUT2D eigenvalue weighted by molar-refractivity contribution is 0.401. The minimum Gasteiger partial charge on any atom is -0.320 e. The molecule has 3 heteroatoms. The first-order valence-electron chi connectivity index (χ1n) is 6.29. The lowest BCUT2D eigenvalue weighted by atomic mass is 9.96. The Morgan fingerprint density at radius 2 is 1.33 bits per heavy atom. The van der Waals surface area contributed by atoms with E-state index in [4.69, 9.17) is 0 Å². The molecule has 0 aromatic rings. The van der Waals surface area contributed by atoms with Crippen LogP contribution in [0.4, 0.5) is 0 Å². The summed E-state index contributed by atoms with van der Waals surface area (Å²) in [5.41, 5.74) is 0. The molecule has 15 heavy (non-hydrogen) atoms. The average molecular weight is 215 g/mol. The van der Waals surface area contributed by atoms with Crippen LogP contribution in [0.5, 0.6) is 0 Å². The largest absolute Gasteiger partial charge is 0.320 e. The fourth-order valence-corrected chi connectivity index (χ4v) is 1.94. The van der Waals surface area contributed by atoms with Gasteiger partial charge in [0.1, 0.15) is 0 Å². The van der Waals surface area contributed by atoms with Crippen molar-refractivity contribution in [1.29, 1.82) is 0 Å². The Hall–Kier alpha value is -0.120. The normalized spacial score (nSPS) is 13.0. The molecule has 0 heterocycles. The van der Waals surface area contributed by atoms with Gasteiger partial charge in [-0.05, 0) is 72.4 Å². The number of unbranched alkanes of at least 4 members (excludes halogenated alkanes) is 1. The Bertz CT molecular complexity index is 117. The van der Waals surface area contributed by atoms with E-state index < -0.39 is 0 Å².